The first-order chi connectivity index (χ1) is 22.0. The number of para-hydroxylation sites is 1. The Bertz CT molecular complexity index is 1780. The van der Waals surface area contributed by atoms with E-state index in [9.17, 15) is 14.4 Å². The molecule has 2 fully saturated rings. The molecule has 2 aliphatic rings. The number of ether oxygens (including phenoxy) is 3. The summed E-state index contributed by atoms with van der Waals surface area (Å²) in [5, 5.41) is 0.454. The van der Waals surface area contributed by atoms with E-state index >= 15 is 0 Å². The Morgan fingerprint density at radius 3 is 2.48 bits per heavy atom. The van der Waals surface area contributed by atoms with Crippen molar-refractivity contribution in [2.75, 3.05) is 26.3 Å². The van der Waals surface area contributed by atoms with Crippen LogP contribution in [0.15, 0.2) is 66.0 Å². The molecule has 12 nitrogen and oxygen atoms in total. The van der Waals surface area contributed by atoms with Crippen LogP contribution in [0.25, 0.3) is 16.6 Å². The zero-order valence-electron chi connectivity index (χ0n) is 26.9. The van der Waals surface area contributed by atoms with E-state index in [1.54, 1.807) is 57.0 Å². The Labute approximate surface area is 267 Å². The zero-order chi connectivity index (χ0) is 32.6. The van der Waals surface area contributed by atoms with Crippen LogP contribution in [0.4, 0.5) is 4.79 Å². The molecule has 1 amide bonds. The van der Waals surface area contributed by atoms with Crippen LogP contribution in [0.5, 0.6) is 5.75 Å². The molecular weight excluding hydrogens is 588 g/mol. The monoisotopic (exact) mass is 628 g/mol. The van der Waals surface area contributed by atoms with E-state index in [0.717, 1.165) is 0 Å². The van der Waals surface area contributed by atoms with E-state index in [1.165, 1.54) is 0 Å². The smallest absolute Gasteiger partial charge is 0.410 e. The van der Waals surface area contributed by atoms with Crippen molar-refractivity contribution in [3.63, 3.8) is 0 Å². The number of carbonyl (C=O) groups excluding carboxylic acids is 2. The molecule has 0 radical (unpaired) electrons. The molecule has 2 unspecified atom stereocenters. The van der Waals surface area contributed by atoms with Crippen LogP contribution in [-0.4, -0.2) is 90.9 Å². The maximum absolute atomic E-state index is 14.3. The summed E-state index contributed by atoms with van der Waals surface area (Å²) >= 11 is 0. The largest absolute Gasteiger partial charge is 0.489 e. The first-order valence-electron chi connectivity index (χ1n) is 15.6. The van der Waals surface area contributed by atoms with Gasteiger partial charge in [0, 0.05) is 31.0 Å². The Morgan fingerprint density at radius 2 is 1.80 bits per heavy atom. The number of ketones is 1. The highest BCUT2D eigenvalue weighted by molar-refractivity contribution is 5.96. The summed E-state index contributed by atoms with van der Waals surface area (Å²) in [5.74, 6) is 0.829. The summed E-state index contributed by atoms with van der Waals surface area (Å²) in [6, 6.07) is 12.1. The Balaban J connectivity index is 1.42. The molecule has 2 saturated heterocycles. The maximum Gasteiger partial charge on any atom is 0.410 e. The molecule has 0 saturated carbocycles. The highest BCUT2D eigenvalue weighted by Gasteiger charge is 2.41. The molecule has 0 aliphatic carbocycles. The number of imidazole rings is 1. The van der Waals surface area contributed by atoms with Gasteiger partial charge in [-0.05, 0) is 65.0 Å². The topological polar surface area (TPSA) is 121 Å². The van der Waals surface area contributed by atoms with Gasteiger partial charge < -0.3 is 23.7 Å². The molecular formula is C34H40N6O6. The van der Waals surface area contributed by atoms with Crippen molar-refractivity contribution >= 4 is 22.8 Å². The predicted molar refractivity (Wildman–Crippen MR) is 171 cm³/mol. The molecule has 12 heteroatoms. The molecule has 2 bridgehead atoms. The third kappa shape index (κ3) is 6.68. The average Bonchev–Trinajstić information content (AvgIpc) is 3.49. The molecule has 2 aromatic carbocycles. The number of piperazine rings is 1. The molecule has 0 spiro atoms. The van der Waals surface area contributed by atoms with Crippen molar-refractivity contribution in [3.8, 4) is 11.4 Å². The Morgan fingerprint density at radius 1 is 1.07 bits per heavy atom. The minimum atomic E-state index is -0.602. The van der Waals surface area contributed by atoms with Crippen LogP contribution >= 0.6 is 0 Å². The number of rotatable bonds is 8. The summed E-state index contributed by atoms with van der Waals surface area (Å²) < 4.78 is 21.1. The van der Waals surface area contributed by atoms with Gasteiger partial charge in [0.1, 0.15) is 17.2 Å². The van der Waals surface area contributed by atoms with E-state index in [4.69, 9.17) is 19.2 Å². The summed E-state index contributed by atoms with van der Waals surface area (Å²) in [6.45, 7) is 11.5. The van der Waals surface area contributed by atoms with Gasteiger partial charge in [-0.1, -0.05) is 12.1 Å². The van der Waals surface area contributed by atoms with Crippen molar-refractivity contribution in [1.29, 1.82) is 0 Å². The van der Waals surface area contributed by atoms with Crippen molar-refractivity contribution in [2.24, 2.45) is 0 Å². The van der Waals surface area contributed by atoms with E-state index in [-0.39, 0.29) is 42.2 Å². The summed E-state index contributed by atoms with van der Waals surface area (Å²) in [7, 11) is 0. The third-order valence-corrected chi connectivity index (χ3v) is 8.01. The number of Topliss-reactive ketones (excluding diaryl/α,β-unsaturated/α-hetero) is 1. The van der Waals surface area contributed by atoms with E-state index in [0.29, 0.717) is 66.6 Å². The van der Waals surface area contributed by atoms with Crippen molar-refractivity contribution < 1.29 is 23.8 Å². The number of fused-ring (bicyclic) bond motifs is 3. The van der Waals surface area contributed by atoms with Crippen LogP contribution in [0.3, 0.4) is 0 Å². The summed E-state index contributed by atoms with van der Waals surface area (Å²) in [5.41, 5.74) is 0.586. The quantitative estimate of drug-likeness (QED) is 0.266. The maximum atomic E-state index is 14.3. The average molecular weight is 629 g/mol. The first kappa shape index (κ1) is 31.4. The second-order valence-corrected chi connectivity index (χ2v) is 13.1. The zero-order valence-corrected chi connectivity index (χ0v) is 26.9. The van der Waals surface area contributed by atoms with Gasteiger partial charge in [0.25, 0.3) is 5.56 Å². The lowest BCUT2D eigenvalue weighted by Gasteiger charge is -2.49. The van der Waals surface area contributed by atoms with Crippen LogP contribution in [0.2, 0.25) is 0 Å². The van der Waals surface area contributed by atoms with Crippen molar-refractivity contribution in [2.45, 2.75) is 71.5 Å². The fourth-order valence-corrected chi connectivity index (χ4v) is 6.01. The molecule has 2 aromatic heterocycles. The van der Waals surface area contributed by atoms with Gasteiger partial charge >= 0.3 is 6.09 Å². The van der Waals surface area contributed by atoms with Crippen LogP contribution < -0.4 is 10.3 Å². The number of aromatic nitrogens is 4. The minimum absolute atomic E-state index is 0.104. The molecule has 242 valence electrons. The molecule has 4 aromatic rings. The van der Waals surface area contributed by atoms with Gasteiger partial charge in [-0.25, -0.2) is 14.8 Å². The molecule has 4 heterocycles. The SMILES string of the molecule is CC(C)Oc1ccc(C(=O)Cn2ccnc2)cc1-n1c(CN2C3COCC2CN(C(=O)OC(C)(C)C)C3)nc2ccccc2c1=O. The molecule has 2 aliphatic heterocycles. The number of benzene rings is 2. The van der Waals surface area contributed by atoms with Crippen molar-refractivity contribution in [3.05, 3.63) is 82.9 Å². The second kappa shape index (κ2) is 12.7. The fraction of sp³-hybridized carbons (Fsp3) is 0.441. The Kier molecular flexibility index (Phi) is 8.67. The van der Waals surface area contributed by atoms with Crippen LogP contribution in [0.1, 0.15) is 50.8 Å². The summed E-state index contributed by atoms with van der Waals surface area (Å²) in [4.78, 5) is 53.8. The summed E-state index contributed by atoms with van der Waals surface area (Å²) in [6.07, 6.45) is 4.41. The van der Waals surface area contributed by atoms with E-state index < -0.39 is 5.60 Å². The highest BCUT2D eigenvalue weighted by atomic mass is 16.6. The van der Waals surface area contributed by atoms with E-state index in [2.05, 4.69) is 9.88 Å². The number of amides is 1. The van der Waals surface area contributed by atoms with Crippen LogP contribution in [-0.2, 0) is 22.6 Å². The number of morpholine rings is 1. The predicted octanol–water partition coefficient (Wildman–Crippen LogP) is 4.07. The number of hydrogen-bond acceptors (Lipinski definition) is 9. The lowest BCUT2D eigenvalue weighted by molar-refractivity contribution is -0.102. The second-order valence-electron chi connectivity index (χ2n) is 13.1. The number of hydrogen-bond donors (Lipinski definition) is 0. The normalized spacial score (nSPS) is 18.6. The van der Waals surface area contributed by atoms with Gasteiger partial charge in [0.05, 0.1) is 67.4 Å². The van der Waals surface area contributed by atoms with Gasteiger partial charge in [-0.3, -0.25) is 19.1 Å². The molecule has 6 rings (SSSR count). The standard InChI is InChI=1S/C34H40N6O6/c1-22(2)45-30-11-10-23(29(41)17-37-13-12-35-21-37)14-28(30)40-31(36-27-9-7-6-8-26(27)32(40)42)18-39-24-15-38(16-25(39)20-44-19-24)33(43)46-34(3,4)5/h6-14,21-22,24-25H,15-20H2,1-5H3. The molecule has 0 N–H and O–H groups in total. The number of carbonyl (C=O) groups is 2. The lowest BCUT2D eigenvalue weighted by atomic mass is 10.0. The fourth-order valence-electron chi connectivity index (χ4n) is 6.01. The molecule has 2 atom stereocenters. The van der Waals surface area contributed by atoms with Gasteiger partial charge in [-0.2, -0.15) is 0 Å². The number of nitrogens with zero attached hydrogens (tertiary/aromatic N) is 6. The Hall–Kier alpha value is -4.55. The lowest BCUT2D eigenvalue weighted by Crippen LogP contribution is -2.65. The van der Waals surface area contributed by atoms with E-state index in [1.807, 2.05) is 52.8 Å². The third-order valence-electron chi connectivity index (χ3n) is 8.01. The molecule has 46 heavy (non-hydrogen) atoms. The van der Waals surface area contributed by atoms with Crippen molar-refractivity contribution in [1.82, 2.24) is 28.9 Å². The van der Waals surface area contributed by atoms with Gasteiger partial charge in [-0.15, -0.1) is 0 Å². The van der Waals surface area contributed by atoms with Crippen LogP contribution in [0, 0.1) is 0 Å². The van der Waals surface area contributed by atoms with Gasteiger partial charge in [0.2, 0.25) is 0 Å². The minimum Gasteiger partial charge on any atom is -0.489 e. The highest BCUT2D eigenvalue weighted by Crippen LogP contribution is 2.30. The first-order valence-corrected chi connectivity index (χ1v) is 15.6. The van der Waals surface area contributed by atoms with Gasteiger partial charge in [0.15, 0.2) is 5.78 Å².